The monoisotopic (exact) mass is 447 g/mol. The Bertz CT molecular complexity index is 1210. The number of sulfonamides is 1. The molecule has 0 aliphatic carbocycles. The molecular weight excluding hydrogens is 422 g/mol. The van der Waals surface area contributed by atoms with Gasteiger partial charge in [0.2, 0.25) is 10.0 Å². The second kappa shape index (κ2) is 8.83. The minimum Gasteiger partial charge on any atom is -0.497 e. The van der Waals surface area contributed by atoms with Gasteiger partial charge >= 0.3 is 5.76 Å². The van der Waals surface area contributed by atoms with E-state index >= 15 is 0 Å². The molecule has 31 heavy (non-hydrogen) atoms. The molecule has 1 saturated heterocycles. The highest BCUT2D eigenvalue weighted by Gasteiger charge is 2.25. The van der Waals surface area contributed by atoms with E-state index in [-0.39, 0.29) is 23.1 Å². The first-order valence-electron chi connectivity index (χ1n) is 9.94. The molecule has 0 saturated carbocycles. The van der Waals surface area contributed by atoms with Crippen LogP contribution in [-0.2, 0) is 21.8 Å². The van der Waals surface area contributed by atoms with Crippen LogP contribution < -0.4 is 15.2 Å². The molecule has 1 unspecified atom stereocenters. The topological polar surface area (TPSA) is 103 Å². The van der Waals surface area contributed by atoms with Gasteiger partial charge in [0.25, 0.3) is 0 Å². The largest absolute Gasteiger partial charge is 0.497 e. The molecule has 0 spiro atoms. The first-order valence-corrected chi connectivity index (χ1v) is 11.4. The van der Waals surface area contributed by atoms with Crippen molar-refractivity contribution in [1.82, 2.24) is 14.2 Å². The van der Waals surface area contributed by atoms with Gasteiger partial charge in [0.1, 0.15) is 5.75 Å². The van der Waals surface area contributed by atoms with Crippen molar-refractivity contribution in [1.29, 1.82) is 0 Å². The van der Waals surface area contributed by atoms with E-state index in [0.29, 0.717) is 31.8 Å². The van der Waals surface area contributed by atoms with Gasteiger partial charge in [-0.3, -0.25) is 9.47 Å². The number of fused-ring (bicyclic) bond motifs is 1. The third-order valence-corrected chi connectivity index (χ3v) is 6.95. The van der Waals surface area contributed by atoms with Crippen LogP contribution in [0.5, 0.6) is 5.75 Å². The smallest absolute Gasteiger partial charge is 0.419 e. The summed E-state index contributed by atoms with van der Waals surface area (Å²) in [4.78, 5) is 13.9. The molecule has 1 fully saturated rings. The Morgan fingerprint density at radius 3 is 2.52 bits per heavy atom. The Hall–Kier alpha value is -2.66. The summed E-state index contributed by atoms with van der Waals surface area (Å²) in [6.45, 7) is 2.80. The summed E-state index contributed by atoms with van der Waals surface area (Å²) >= 11 is 0. The van der Waals surface area contributed by atoms with Crippen molar-refractivity contribution in [2.45, 2.75) is 10.9 Å². The van der Waals surface area contributed by atoms with Crippen molar-refractivity contribution >= 4 is 21.1 Å². The Labute approximate surface area is 180 Å². The van der Waals surface area contributed by atoms with Crippen LogP contribution in [-0.4, -0.2) is 57.8 Å². The van der Waals surface area contributed by atoms with Crippen LogP contribution in [0.15, 0.2) is 56.6 Å². The summed E-state index contributed by atoms with van der Waals surface area (Å²) in [5.41, 5.74) is 1.75. The van der Waals surface area contributed by atoms with Gasteiger partial charge in [0, 0.05) is 38.8 Å². The van der Waals surface area contributed by atoms with Crippen molar-refractivity contribution in [2.24, 2.45) is 7.05 Å². The molecule has 1 aliphatic rings. The number of benzene rings is 2. The van der Waals surface area contributed by atoms with E-state index in [4.69, 9.17) is 13.9 Å². The lowest BCUT2D eigenvalue weighted by Crippen LogP contribution is -2.43. The minimum absolute atomic E-state index is 0.0461. The van der Waals surface area contributed by atoms with E-state index in [1.54, 1.807) is 20.2 Å². The van der Waals surface area contributed by atoms with E-state index in [0.717, 1.165) is 11.3 Å². The maximum Gasteiger partial charge on any atom is 0.419 e. The highest BCUT2D eigenvalue weighted by atomic mass is 32.2. The van der Waals surface area contributed by atoms with Gasteiger partial charge in [-0.2, -0.15) is 0 Å². The van der Waals surface area contributed by atoms with Gasteiger partial charge in [0.05, 0.1) is 30.7 Å². The number of methoxy groups -OCH3 is 1. The van der Waals surface area contributed by atoms with Crippen molar-refractivity contribution in [3.8, 4) is 5.75 Å². The predicted octanol–water partition coefficient (Wildman–Crippen LogP) is 1.49. The van der Waals surface area contributed by atoms with Crippen LogP contribution in [0, 0.1) is 0 Å². The number of ether oxygens (including phenoxy) is 2. The fourth-order valence-electron chi connectivity index (χ4n) is 3.73. The molecule has 1 N–H and O–H groups in total. The molecule has 2 aromatic carbocycles. The maximum absolute atomic E-state index is 13.0. The Kier molecular flexibility index (Phi) is 6.15. The molecule has 1 atom stereocenters. The molecule has 166 valence electrons. The molecule has 0 amide bonds. The number of morpholine rings is 1. The van der Waals surface area contributed by atoms with Gasteiger partial charge in [-0.25, -0.2) is 17.9 Å². The van der Waals surface area contributed by atoms with Gasteiger partial charge < -0.3 is 13.9 Å². The zero-order chi connectivity index (χ0) is 22.0. The van der Waals surface area contributed by atoms with Crippen LogP contribution in [0.4, 0.5) is 0 Å². The van der Waals surface area contributed by atoms with Gasteiger partial charge in [-0.15, -0.1) is 0 Å². The standard InChI is InChI=1S/C21H25N3O6S/c1-23-18-8-7-17(13-20(18)30-21(23)25)31(26,27)22-14-19(24-9-11-29-12-10-24)15-3-5-16(28-2)6-4-15/h3-8,13,19,22H,9-12,14H2,1-2H3. The van der Waals surface area contributed by atoms with E-state index in [1.807, 2.05) is 24.3 Å². The molecular formula is C21H25N3O6S. The molecule has 1 aliphatic heterocycles. The quantitative estimate of drug-likeness (QED) is 0.585. The summed E-state index contributed by atoms with van der Waals surface area (Å²) in [5.74, 6) is 0.201. The van der Waals surface area contributed by atoms with Crippen molar-refractivity contribution < 1.29 is 22.3 Å². The normalized spacial score (nSPS) is 16.5. The minimum atomic E-state index is -3.81. The highest BCUT2D eigenvalue weighted by Crippen LogP contribution is 2.25. The zero-order valence-electron chi connectivity index (χ0n) is 17.4. The molecule has 4 rings (SSSR count). The van der Waals surface area contributed by atoms with Crippen molar-refractivity contribution in [2.75, 3.05) is 40.0 Å². The van der Waals surface area contributed by atoms with Crippen LogP contribution in [0.3, 0.4) is 0 Å². The van der Waals surface area contributed by atoms with E-state index in [9.17, 15) is 13.2 Å². The Balaban J connectivity index is 1.58. The Morgan fingerprint density at radius 1 is 1.13 bits per heavy atom. The number of aryl methyl sites for hydroxylation is 1. The Morgan fingerprint density at radius 2 is 1.84 bits per heavy atom. The predicted molar refractivity (Wildman–Crippen MR) is 115 cm³/mol. The third kappa shape index (κ3) is 4.52. The number of rotatable bonds is 7. The lowest BCUT2D eigenvalue weighted by atomic mass is 10.0. The summed E-state index contributed by atoms with van der Waals surface area (Å²) in [5, 5.41) is 0. The van der Waals surface area contributed by atoms with Gasteiger partial charge in [0.15, 0.2) is 5.58 Å². The van der Waals surface area contributed by atoms with Crippen LogP contribution in [0.1, 0.15) is 11.6 Å². The number of hydrogen-bond acceptors (Lipinski definition) is 7. The molecule has 10 heteroatoms. The fourth-order valence-corrected chi connectivity index (χ4v) is 4.78. The summed E-state index contributed by atoms with van der Waals surface area (Å²) in [6, 6.07) is 11.9. The van der Waals surface area contributed by atoms with Crippen molar-refractivity contribution in [3.05, 3.63) is 58.6 Å². The molecule has 1 aromatic heterocycles. The second-order valence-electron chi connectivity index (χ2n) is 7.35. The molecule has 3 aromatic rings. The number of hydrogen-bond donors (Lipinski definition) is 1. The lowest BCUT2D eigenvalue weighted by molar-refractivity contribution is 0.0172. The van der Waals surface area contributed by atoms with Crippen LogP contribution in [0.25, 0.3) is 11.1 Å². The van der Waals surface area contributed by atoms with Gasteiger partial charge in [-0.05, 0) is 29.8 Å². The van der Waals surface area contributed by atoms with E-state index in [2.05, 4.69) is 9.62 Å². The average Bonchev–Trinajstić information content (AvgIpc) is 3.08. The molecule has 0 bridgehead atoms. The van der Waals surface area contributed by atoms with Crippen LogP contribution >= 0.6 is 0 Å². The highest BCUT2D eigenvalue weighted by molar-refractivity contribution is 7.89. The first-order chi connectivity index (χ1) is 14.9. The number of nitrogens with one attached hydrogen (secondary N) is 1. The SMILES string of the molecule is COc1ccc(C(CNS(=O)(=O)c2ccc3c(c2)oc(=O)n3C)N2CCOCC2)cc1. The molecule has 2 heterocycles. The first kappa shape index (κ1) is 21.6. The van der Waals surface area contributed by atoms with E-state index < -0.39 is 15.8 Å². The van der Waals surface area contributed by atoms with E-state index in [1.165, 1.54) is 16.7 Å². The average molecular weight is 448 g/mol. The lowest BCUT2D eigenvalue weighted by Gasteiger charge is -2.35. The molecule has 0 radical (unpaired) electrons. The maximum atomic E-state index is 13.0. The summed E-state index contributed by atoms with van der Waals surface area (Å²) in [6.07, 6.45) is 0. The number of nitrogens with zero attached hydrogens (tertiary/aromatic N) is 2. The fraction of sp³-hybridized carbons (Fsp3) is 0.381. The van der Waals surface area contributed by atoms with Crippen LogP contribution in [0.2, 0.25) is 0 Å². The zero-order valence-corrected chi connectivity index (χ0v) is 18.2. The number of aromatic nitrogens is 1. The third-order valence-electron chi connectivity index (χ3n) is 5.53. The second-order valence-corrected chi connectivity index (χ2v) is 9.11. The van der Waals surface area contributed by atoms with Gasteiger partial charge in [-0.1, -0.05) is 12.1 Å². The number of oxazole rings is 1. The molecule has 9 nitrogen and oxygen atoms in total. The summed E-state index contributed by atoms with van der Waals surface area (Å²) < 4.78 is 45.8. The van der Waals surface area contributed by atoms with Crippen molar-refractivity contribution in [3.63, 3.8) is 0 Å². The summed E-state index contributed by atoms with van der Waals surface area (Å²) in [7, 11) is -0.637.